The molecule has 1 rings (SSSR count). The average molecular weight is 286 g/mol. The van der Waals surface area contributed by atoms with Crippen LogP contribution >= 0.6 is 23.4 Å². The number of hydrogen-bond acceptors (Lipinski definition) is 3. The molecule has 0 aliphatic heterocycles. The lowest BCUT2D eigenvalue weighted by Crippen LogP contribution is -2.25. The molecule has 0 fully saturated rings. The molecule has 0 heterocycles. The second-order valence-electron chi connectivity index (χ2n) is 4.01. The Balaban J connectivity index is 2.29. The normalized spacial score (nSPS) is 10.9. The molecule has 0 bridgehead atoms. The van der Waals surface area contributed by atoms with Gasteiger partial charge in [-0.25, -0.2) is 0 Å². The van der Waals surface area contributed by atoms with Crippen molar-refractivity contribution in [1.82, 2.24) is 4.90 Å². The van der Waals surface area contributed by atoms with Gasteiger partial charge in [0.1, 0.15) is 0 Å². The maximum Gasteiger partial charge on any atom is 0.172 e. The third-order valence-electron chi connectivity index (χ3n) is 2.83. The molecular formula is C14H20ClNOS. The second-order valence-corrected chi connectivity index (χ2v) is 5.55. The number of rotatable bonds is 8. The fraction of sp³-hybridized carbons (Fsp3) is 0.500. The molecule has 0 saturated heterocycles. The lowest BCUT2D eigenvalue weighted by Gasteiger charge is -2.17. The minimum absolute atomic E-state index is 0.155. The molecule has 0 spiro atoms. The van der Waals surface area contributed by atoms with E-state index >= 15 is 0 Å². The highest BCUT2D eigenvalue weighted by Gasteiger charge is 2.06. The molecule has 2 nitrogen and oxygen atoms in total. The fourth-order valence-electron chi connectivity index (χ4n) is 1.64. The van der Waals surface area contributed by atoms with E-state index in [2.05, 4.69) is 18.7 Å². The van der Waals surface area contributed by atoms with E-state index in [0.717, 1.165) is 25.4 Å². The van der Waals surface area contributed by atoms with E-state index in [0.29, 0.717) is 16.3 Å². The number of carbonyl (C=O) groups excluding carboxylic acids is 1. The van der Waals surface area contributed by atoms with Gasteiger partial charge in [0.25, 0.3) is 0 Å². The maximum atomic E-state index is 11.9. The Morgan fingerprint density at radius 2 is 2.06 bits per heavy atom. The number of nitrogens with zero attached hydrogens (tertiary/aromatic N) is 1. The number of ketones is 1. The molecule has 0 aliphatic rings. The van der Waals surface area contributed by atoms with Crippen molar-refractivity contribution in [3.05, 3.63) is 34.9 Å². The van der Waals surface area contributed by atoms with Gasteiger partial charge in [0.2, 0.25) is 0 Å². The van der Waals surface area contributed by atoms with Gasteiger partial charge in [0.05, 0.1) is 5.75 Å². The first kappa shape index (κ1) is 15.5. The van der Waals surface area contributed by atoms with Crippen molar-refractivity contribution < 1.29 is 4.79 Å². The average Bonchev–Trinajstić information content (AvgIpc) is 2.38. The van der Waals surface area contributed by atoms with Crippen molar-refractivity contribution >= 4 is 29.1 Å². The molecule has 0 aliphatic carbocycles. The zero-order chi connectivity index (χ0) is 13.4. The third-order valence-corrected chi connectivity index (χ3v) is 4.00. The Morgan fingerprint density at radius 3 is 2.67 bits per heavy atom. The van der Waals surface area contributed by atoms with Gasteiger partial charge in [-0.15, -0.1) is 0 Å². The molecule has 18 heavy (non-hydrogen) atoms. The Morgan fingerprint density at radius 1 is 1.33 bits per heavy atom. The van der Waals surface area contributed by atoms with Crippen LogP contribution < -0.4 is 0 Å². The van der Waals surface area contributed by atoms with E-state index in [-0.39, 0.29) is 5.78 Å². The standard InChI is InChI=1S/C14H20ClNOS/c1-3-16(4-2)8-9-18-11-14(17)12-6-5-7-13(15)10-12/h5-7,10H,3-4,8-9,11H2,1-2H3. The molecule has 1 aromatic carbocycles. The van der Waals surface area contributed by atoms with Crippen LogP contribution in [-0.4, -0.2) is 41.8 Å². The van der Waals surface area contributed by atoms with Gasteiger partial charge in [0, 0.05) is 22.9 Å². The molecule has 1 aromatic rings. The summed E-state index contributed by atoms with van der Waals surface area (Å²) in [5.74, 6) is 1.68. The van der Waals surface area contributed by atoms with Gasteiger partial charge >= 0.3 is 0 Å². The highest BCUT2D eigenvalue weighted by molar-refractivity contribution is 8.00. The van der Waals surface area contributed by atoms with Crippen LogP contribution in [0.25, 0.3) is 0 Å². The molecule has 0 radical (unpaired) electrons. The monoisotopic (exact) mass is 285 g/mol. The molecular weight excluding hydrogens is 266 g/mol. The van der Waals surface area contributed by atoms with E-state index in [4.69, 9.17) is 11.6 Å². The molecule has 0 atom stereocenters. The Hall–Kier alpha value is -0.510. The van der Waals surface area contributed by atoms with Gasteiger partial charge in [0.15, 0.2) is 5.78 Å². The Bertz CT molecular complexity index is 380. The van der Waals surface area contributed by atoms with Crippen LogP contribution in [0, 0.1) is 0 Å². The summed E-state index contributed by atoms with van der Waals surface area (Å²) in [7, 11) is 0. The molecule has 0 unspecified atom stereocenters. The van der Waals surface area contributed by atoms with Crippen LogP contribution in [0.2, 0.25) is 5.02 Å². The lowest BCUT2D eigenvalue weighted by molar-refractivity contribution is 0.102. The highest BCUT2D eigenvalue weighted by Crippen LogP contribution is 2.13. The number of halogens is 1. The van der Waals surface area contributed by atoms with E-state index in [1.165, 1.54) is 0 Å². The van der Waals surface area contributed by atoms with Crippen molar-refractivity contribution in [3.8, 4) is 0 Å². The first-order valence-corrected chi connectivity index (χ1v) is 7.79. The van der Waals surface area contributed by atoms with Crippen molar-refractivity contribution in [2.45, 2.75) is 13.8 Å². The van der Waals surface area contributed by atoms with Gasteiger partial charge < -0.3 is 4.90 Å². The third kappa shape index (κ3) is 5.42. The molecule has 0 amide bonds. The predicted octanol–water partition coefficient (Wildman–Crippen LogP) is 3.60. The molecule has 4 heteroatoms. The summed E-state index contributed by atoms with van der Waals surface area (Å²) in [4.78, 5) is 14.2. The largest absolute Gasteiger partial charge is 0.303 e. The van der Waals surface area contributed by atoms with Crippen molar-refractivity contribution in [1.29, 1.82) is 0 Å². The lowest BCUT2D eigenvalue weighted by atomic mass is 10.1. The Labute approximate surface area is 119 Å². The summed E-state index contributed by atoms with van der Waals surface area (Å²) in [5, 5.41) is 0.619. The Kier molecular flexibility index (Phi) is 7.40. The van der Waals surface area contributed by atoms with Gasteiger partial charge in [-0.05, 0) is 25.2 Å². The molecule has 0 aromatic heterocycles. The van der Waals surface area contributed by atoms with E-state index in [1.807, 2.05) is 12.1 Å². The van der Waals surface area contributed by atoms with E-state index in [9.17, 15) is 4.79 Å². The number of hydrogen-bond donors (Lipinski definition) is 0. The number of Topliss-reactive ketones (excluding diaryl/α,β-unsaturated/α-hetero) is 1. The van der Waals surface area contributed by atoms with Crippen LogP contribution in [-0.2, 0) is 0 Å². The zero-order valence-corrected chi connectivity index (χ0v) is 12.6. The van der Waals surface area contributed by atoms with Crippen molar-refractivity contribution in [3.63, 3.8) is 0 Å². The predicted molar refractivity (Wildman–Crippen MR) is 80.9 cm³/mol. The van der Waals surface area contributed by atoms with Gasteiger partial charge in [-0.3, -0.25) is 4.79 Å². The second kappa shape index (κ2) is 8.57. The molecule has 0 N–H and O–H groups in total. The van der Waals surface area contributed by atoms with Crippen molar-refractivity contribution in [2.75, 3.05) is 31.1 Å². The van der Waals surface area contributed by atoms with Crippen LogP contribution in [0.15, 0.2) is 24.3 Å². The minimum Gasteiger partial charge on any atom is -0.303 e. The summed E-state index contributed by atoms with van der Waals surface area (Å²) < 4.78 is 0. The van der Waals surface area contributed by atoms with E-state index < -0.39 is 0 Å². The fourth-order valence-corrected chi connectivity index (χ4v) is 2.72. The van der Waals surface area contributed by atoms with Crippen LogP contribution in [0.5, 0.6) is 0 Å². The number of benzene rings is 1. The quantitative estimate of drug-likeness (QED) is 0.538. The first-order valence-electron chi connectivity index (χ1n) is 6.26. The van der Waals surface area contributed by atoms with Crippen LogP contribution in [0.1, 0.15) is 24.2 Å². The molecule has 100 valence electrons. The van der Waals surface area contributed by atoms with Crippen LogP contribution in [0.4, 0.5) is 0 Å². The van der Waals surface area contributed by atoms with Crippen molar-refractivity contribution in [2.24, 2.45) is 0 Å². The molecule has 0 saturated carbocycles. The number of thioether (sulfide) groups is 1. The highest BCUT2D eigenvalue weighted by atomic mass is 35.5. The summed E-state index contributed by atoms with van der Waals surface area (Å²) >= 11 is 7.55. The summed E-state index contributed by atoms with van der Waals surface area (Å²) in [6.07, 6.45) is 0. The summed E-state index contributed by atoms with van der Waals surface area (Å²) in [6.45, 7) is 7.50. The van der Waals surface area contributed by atoms with Gasteiger partial charge in [-0.2, -0.15) is 11.8 Å². The van der Waals surface area contributed by atoms with Gasteiger partial charge in [-0.1, -0.05) is 37.6 Å². The van der Waals surface area contributed by atoms with E-state index in [1.54, 1.807) is 23.9 Å². The zero-order valence-electron chi connectivity index (χ0n) is 11.0. The topological polar surface area (TPSA) is 20.3 Å². The minimum atomic E-state index is 0.155. The van der Waals surface area contributed by atoms with Crippen LogP contribution in [0.3, 0.4) is 0 Å². The maximum absolute atomic E-state index is 11.9. The smallest absolute Gasteiger partial charge is 0.172 e. The first-order chi connectivity index (χ1) is 8.67. The summed E-state index contributed by atoms with van der Waals surface area (Å²) in [6, 6.07) is 7.15. The SMILES string of the molecule is CCN(CC)CCSCC(=O)c1cccc(Cl)c1. The summed E-state index contributed by atoms with van der Waals surface area (Å²) in [5.41, 5.74) is 0.706. The number of carbonyl (C=O) groups is 1.